The molecule has 2 nitrogen and oxygen atoms in total. The number of benzene rings is 2. The van der Waals surface area contributed by atoms with Crippen LogP contribution in [0.3, 0.4) is 0 Å². The quantitative estimate of drug-likeness (QED) is 0.741. The maximum absolute atomic E-state index is 11.2. The van der Waals surface area contributed by atoms with Gasteiger partial charge in [0.2, 0.25) is 0 Å². The molecule has 0 aromatic heterocycles. The highest BCUT2D eigenvalue weighted by molar-refractivity contribution is 6.67. The van der Waals surface area contributed by atoms with E-state index in [1.807, 2.05) is 36.4 Å². The van der Waals surface area contributed by atoms with E-state index in [1.54, 1.807) is 12.1 Å². The maximum Gasteiger partial charge on any atom is 0.252 e. The molecule has 0 spiro atoms. The zero-order chi connectivity index (χ0) is 14.5. The minimum Gasteiger partial charge on any atom is -0.489 e. The maximum atomic E-state index is 11.2. The first-order valence-corrected chi connectivity index (χ1v) is 6.96. The third kappa shape index (κ3) is 3.61. The van der Waals surface area contributed by atoms with Crippen LogP contribution in [0.15, 0.2) is 48.5 Å². The molecule has 0 amide bonds. The fourth-order valence-electron chi connectivity index (χ4n) is 1.99. The minimum absolute atomic E-state index is 0.261. The van der Waals surface area contributed by atoms with Crippen molar-refractivity contribution in [3.8, 4) is 5.75 Å². The SMILES string of the molecule is CC(C)c1cc(C(=O)Cl)ccc1OCc1ccccc1. The largest absolute Gasteiger partial charge is 0.489 e. The molecule has 0 saturated heterocycles. The molecule has 3 heteroatoms. The van der Waals surface area contributed by atoms with Gasteiger partial charge in [0, 0.05) is 5.56 Å². The van der Waals surface area contributed by atoms with Crippen LogP contribution in [0.2, 0.25) is 0 Å². The van der Waals surface area contributed by atoms with Crippen molar-refractivity contribution >= 4 is 16.8 Å². The Morgan fingerprint density at radius 3 is 2.45 bits per heavy atom. The van der Waals surface area contributed by atoms with Crippen LogP contribution in [0.5, 0.6) is 5.75 Å². The number of rotatable bonds is 5. The monoisotopic (exact) mass is 288 g/mol. The van der Waals surface area contributed by atoms with Crippen LogP contribution < -0.4 is 4.74 Å². The third-order valence-corrected chi connectivity index (χ3v) is 3.31. The lowest BCUT2D eigenvalue weighted by Crippen LogP contribution is -2.01. The van der Waals surface area contributed by atoms with Crippen molar-refractivity contribution in [2.24, 2.45) is 0 Å². The Labute approximate surface area is 124 Å². The molecule has 0 bridgehead atoms. The molecule has 0 aliphatic heterocycles. The zero-order valence-corrected chi connectivity index (χ0v) is 12.4. The van der Waals surface area contributed by atoms with E-state index >= 15 is 0 Å². The highest BCUT2D eigenvalue weighted by Crippen LogP contribution is 2.28. The summed E-state index contributed by atoms with van der Waals surface area (Å²) in [6.45, 7) is 4.63. The van der Waals surface area contributed by atoms with Crippen molar-refractivity contribution < 1.29 is 9.53 Å². The van der Waals surface area contributed by atoms with Gasteiger partial charge in [-0.15, -0.1) is 0 Å². The topological polar surface area (TPSA) is 26.3 Å². The van der Waals surface area contributed by atoms with Gasteiger partial charge in [-0.05, 0) is 46.8 Å². The molecule has 2 rings (SSSR count). The summed E-state index contributed by atoms with van der Waals surface area (Å²) in [6.07, 6.45) is 0. The van der Waals surface area contributed by atoms with Crippen molar-refractivity contribution in [2.75, 3.05) is 0 Å². The Balaban J connectivity index is 2.20. The van der Waals surface area contributed by atoms with Crippen LogP contribution in [-0.4, -0.2) is 5.24 Å². The molecule has 104 valence electrons. The van der Waals surface area contributed by atoms with E-state index in [9.17, 15) is 4.79 Å². The number of hydrogen-bond donors (Lipinski definition) is 0. The standard InChI is InChI=1S/C17H17ClO2/c1-12(2)15-10-14(17(18)19)8-9-16(15)20-11-13-6-4-3-5-7-13/h3-10,12H,11H2,1-2H3. The molecule has 0 atom stereocenters. The first-order valence-electron chi connectivity index (χ1n) is 6.58. The molecule has 2 aromatic carbocycles. The molecule has 0 aliphatic rings. The molecule has 0 heterocycles. The van der Waals surface area contributed by atoms with Crippen LogP contribution >= 0.6 is 11.6 Å². The average Bonchev–Trinajstić information content (AvgIpc) is 2.45. The summed E-state index contributed by atoms with van der Waals surface area (Å²) < 4.78 is 5.86. The second kappa shape index (κ2) is 6.58. The average molecular weight is 289 g/mol. The number of carbonyl (C=O) groups excluding carboxylic acids is 1. The lowest BCUT2D eigenvalue weighted by Gasteiger charge is -2.15. The van der Waals surface area contributed by atoms with E-state index in [2.05, 4.69) is 13.8 Å². The van der Waals surface area contributed by atoms with Crippen LogP contribution in [0.4, 0.5) is 0 Å². The number of carbonyl (C=O) groups is 1. The third-order valence-electron chi connectivity index (χ3n) is 3.10. The fraction of sp³-hybridized carbons (Fsp3) is 0.235. The van der Waals surface area contributed by atoms with Gasteiger partial charge in [0.05, 0.1) is 0 Å². The Morgan fingerprint density at radius 2 is 1.85 bits per heavy atom. The molecule has 0 saturated carbocycles. The molecule has 0 aliphatic carbocycles. The van der Waals surface area contributed by atoms with Gasteiger partial charge in [0.1, 0.15) is 12.4 Å². The van der Waals surface area contributed by atoms with Crippen molar-refractivity contribution in [3.05, 3.63) is 65.2 Å². The van der Waals surface area contributed by atoms with E-state index in [0.717, 1.165) is 16.9 Å². The zero-order valence-electron chi connectivity index (χ0n) is 11.6. The van der Waals surface area contributed by atoms with Gasteiger partial charge in [-0.2, -0.15) is 0 Å². The van der Waals surface area contributed by atoms with Crippen LogP contribution in [-0.2, 0) is 6.61 Å². The van der Waals surface area contributed by atoms with E-state index < -0.39 is 5.24 Å². The Morgan fingerprint density at radius 1 is 1.15 bits per heavy atom. The summed E-state index contributed by atoms with van der Waals surface area (Å²) in [5, 5.41) is -0.443. The van der Waals surface area contributed by atoms with Gasteiger partial charge in [-0.3, -0.25) is 4.79 Å². The molecule has 0 radical (unpaired) electrons. The lowest BCUT2D eigenvalue weighted by atomic mass is 10.00. The summed E-state index contributed by atoms with van der Waals surface area (Å²) in [5.74, 6) is 1.06. The predicted molar refractivity (Wildman–Crippen MR) is 81.5 cm³/mol. The Hall–Kier alpha value is -1.80. The van der Waals surface area contributed by atoms with Crippen molar-refractivity contribution in [1.29, 1.82) is 0 Å². The normalized spacial score (nSPS) is 10.6. The number of halogens is 1. The van der Waals surface area contributed by atoms with Crippen molar-refractivity contribution in [3.63, 3.8) is 0 Å². The molecular weight excluding hydrogens is 272 g/mol. The van der Waals surface area contributed by atoms with E-state index in [0.29, 0.717) is 12.2 Å². The lowest BCUT2D eigenvalue weighted by molar-refractivity contribution is 0.108. The summed E-state index contributed by atoms with van der Waals surface area (Å²) >= 11 is 5.53. The molecular formula is C17H17ClO2. The van der Waals surface area contributed by atoms with E-state index in [4.69, 9.17) is 16.3 Å². The fourth-order valence-corrected chi connectivity index (χ4v) is 2.11. The molecule has 0 unspecified atom stereocenters. The second-order valence-corrected chi connectivity index (χ2v) is 5.30. The first kappa shape index (κ1) is 14.6. The van der Waals surface area contributed by atoms with Crippen LogP contribution in [0.25, 0.3) is 0 Å². The Kier molecular flexibility index (Phi) is 4.80. The molecule has 0 N–H and O–H groups in total. The molecule has 20 heavy (non-hydrogen) atoms. The molecule has 2 aromatic rings. The second-order valence-electron chi connectivity index (χ2n) is 4.96. The van der Waals surface area contributed by atoms with Crippen LogP contribution in [0.1, 0.15) is 41.3 Å². The minimum atomic E-state index is -0.443. The predicted octanol–water partition coefficient (Wildman–Crippen LogP) is 4.77. The van der Waals surface area contributed by atoms with Crippen LogP contribution in [0, 0.1) is 0 Å². The van der Waals surface area contributed by atoms with Gasteiger partial charge < -0.3 is 4.74 Å². The summed E-state index contributed by atoms with van der Waals surface area (Å²) in [5.41, 5.74) is 2.61. The first-order chi connectivity index (χ1) is 9.58. The number of hydrogen-bond acceptors (Lipinski definition) is 2. The summed E-state index contributed by atoms with van der Waals surface area (Å²) in [4.78, 5) is 11.2. The van der Waals surface area contributed by atoms with Crippen molar-refractivity contribution in [1.82, 2.24) is 0 Å². The van der Waals surface area contributed by atoms with Gasteiger partial charge in [0.15, 0.2) is 0 Å². The van der Waals surface area contributed by atoms with Crippen molar-refractivity contribution in [2.45, 2.75) is 26.4 Å². The smallest absolute Gasteiger partial charge is 0.252 e. The van der Waals surface area contributed by atoms with Gasteiger partial charge >= 0.3 is 0 Å². The summed E-state index contributed by atoms with van der Waals surface area (Å²) in [7, 11) is 0. The number of ether oxygens (including phenoxy) is 1. The van der Waals surface area contributed by atoms with Gasteiger partial charge in [-0.1, -0.05) is 44.2 Å². The Bertz CT molecular complexity index is 591. The molecule has 0 fully saturated rings. The summed E-state index contributed by atoms with van der Waals surface area (Å²) in [6, 6.07) is 15.3. The van der Waals surface area contributed by atoms with E-state index in [1.165, 1.54) is 0 Å². The highest BCUT2D eigenvalue weighted by Gasteiger charge is 2.12. The van der Waals surface area contributed by atoms with E-state index in [-0.39, 0.29) is 5.92 Å². The van der Waals surface area contributed by atoms with Gasteiger partial charge in [-0.25, -0.2) is 0 Å². The highest BCUT2D eigenvalue weighted by atomic mass is 35.5. The van der Waals surface area contributed by atoms with Gasteiger partial charge in [0.25, 0.3) is 5.24 Å².